The summed E-state index contributed by atoms with van der Waals surface area (Å²) in [5.74, 6) is 0.888. The Hall–Kier alpha value is -8.23. The Bertz CT molecular complexity index is 3110. The van der Waals surface area contributed by atoms with Gasteiger partial charge in [-0.3, -0.25) is 0 Å². The van der Waals surface area contributed by atoms with Gasteiger partial charge in [0.25, 0.3) is 0 Å². The van der Waals surface area contributed by atoms with Gasteiger partial charge in [0.2, 0.25) is 20.4 Å². The van der Waals surface area contributed by atoms with Gasteiger partial charge in [-0.2, -0.15) is 4.57 Å². The molecule has 13 nitrogen and oxygen atoms in total. The van der Waals surface area contributed by atoms with E-state index in [1.54, 1.807) is 72.8 Å². The monoisotopic (exact) mass is 893 g/mol. The first kappa shape index (κ1) is 38.4. The SMILES string of the molecule is O=P(Oc1cc(-c2ccc(F)cc2)nc2cc3c(cc12)OCO3)(Oc1cc(-c2ccc(F)cc2)nc2cc3c(cc12)OCO3)Oc1cc(-c2ccc(F)cc2)nc2cc3c(cc12)OCO3. The number of rotatable bonds is 9. The van der Waals surface area contributed by atoms with Gasteiger partial charge in [-0.15, -0.1) is 0 Å². The van der Waals surface area contributed by atoms with E-state index in [0.717, 1.165) is 0 Å². The van der Waals surface area contributed by atoms with Crippen molar-refractivity contribution in [2.24, 2.45) is 0 Å². The highest BCUT2D eigenvalue weighted by Gasteiger charge is 2.37. The van der Waals surface area contributed by atoms with Crippen molar-refractivity contribution in [2.75, 3.05) is 20.4 Å². The number of phosphoric acid groups is 1. The zero-order valence-corrected chi connectivity index (χ0v) is 34.1. The average Bonchev–Trinajstić information content (AvgIpc) is 4.09. The molecule has 0 radical (unpaired) electrons. The molecule has 0 aliphatic carbocycles. The van der Waals surface area contributed by atoms with Crippen molar-refractivity contribution in [2.45, 2.75) is 0 Å². The van der Waals surface area contributed by atoms with E-state index in [4.69, 9.17) is 56.9 Å². The Kier molecular flexibility index (Phi) is 8.84. The molecule has 3 aliphatic heterocycles. The van der Waals surface area contributed by atoms with Crippen molar-refractivity contribution in [3.05, 3.63) is 145 Å². The largest absolute Gasteiger partial charge is 0.647 e. The maximum atomic E-state index is 16.2. The number of benzene rings is 6. The molecule has 0 spiro atoms. The van der Waals surface area contributed by atoms with Crippen LogP contribution < -0.4 is 42.0 Å². The van der Waals surface area contributed by atoms with Crippen molar-refractivity contribution >= 4 is 40.5 Å². The lowest BCUT2D eigenvalue weighted by atomic mass is 10.1. The number of aromatic nitrogens is 3. The lowest BCUT2D eigenvalue weighted by molar-refractivity contribution is 0.173. The highest BCUT2D eigenvalue weighted by atomic mass is 31.2. The van der Waals surface area contributed by atoms with Crippen LogP contribution in [0.5, 0.6) is 51.7 Å². The summed E-state index contributed by atoms with van der Waals surface area (Å²) in [4.78, 5) is 14.5. The van der Waals surface area contributed by atoms with Gasteiger partial charge >= 0.3 is 7.82 Å². The lowest BCUT2D eigenvalue weighted by Gasteiger charge is -2.23. The molecule has 6 aromatic carbocycles. The summed E-state index contributed by atoms with van der Waals surface area (Å²) in [6.45, 7) is -0.151. The predicted molar refractivity (Wildman–Crippen MR) is 229 cm³/mol. The Labute approximate surface area is 365 Å². The summed E-state index contributed by atoms with van der Waals surface area (Å²) in [6.07, 6.45) is 0. The second-order valence-corrected chi connectivity index (χ2v) is 16.4. The van der Waals surface area contributed by atoms with Crippen LogP contribution in [0.2, 0.25) is 0 Å². The van der Waals surface area contributed by atoms with Gasteiger partial charge < -0.3 is 42.0 Å². The number of pyridine rings is 3. The predicted octanol–water partition coefficient (Wildman–Crippen LogP) is 11.6. The minimum absolute atomic E-state index is 0.0274. The van der Waals surface area contributed by atoms with Crippen molar-refractivity contribution < 1.29 is 59.7 Å². The summed E-state index contributed by atoms with van der Waals surface area (Å²) < 4.78 is 113. The summed E-state index contributed by atoms with van der Waals surface area (Å²) in [6, 6.07) is 31.4. The molecule has 0 fully saturated rings. The van der Waals surface area contributed by atoms with E-state index in [1.165, 1.54) is 54.6 Å². The van der Waals surface area contributed by atoms with E-state index in [-0.39, 0.29) is 37.6 Å². The fraction of sp³-hybridized carbons (Fsp3) is 0.0625. The molecule has 320 valence electrons. The maximum absolute atomic E-state index is 16.2. The van der Waals surface area contributed by atoms with Crippen LogP contribution >= 0.6 is 7.82 Å². The molecule has 65 heavy (non-hydrogen) atoms. The molecule has 0 unspecified atom stereocenters. The van der Waals surface area contributed by atoms with Crippen LogP contribution in [0.25, 0.3) is 66.5 Å². The van der Waals surface area contributed by atoms with Crippen molar-refractivity contribution in [1.29, 1.82) is 0 Å². The summed E-state index contributed by atoms with van der Waals surface area (Å²) in [5.41, 5.74) is 3.52. The Morgan fingerprint density at radius 3 is 0.923 bits per heavy atom. The number of fused-ring (bicyclic) bond motifs is 6. The maximum Gasteiger partial charge on any atom is 0.647 e. The smallest absolute Gasteiger partial charge is 0.454 e. The third kappa shape index (κ3) is 7.09. The van der Waals surface area contributed by atoms with E-state index < -0.39 is 25.3 Å². The molecule has 17 heteroatoms. The molecule has 6 heterocycles. The molecule has 12 rings (SSSR count). The van der Waals surface area contributed by atoms with Gasteiger partial charge in [-0.25, -0.2) is 28.1 Å². The second kappa shape index (κ2) is 15.0. The van der Waals surface area contributed by atoms with E-state index in [2.05, 4.69) is 0 Å². The van der Waals surface area contributed by atoms with Crippen LogP contribution in [0, 0.1) is 17.5 Å². The summed E-state index contributed by atoms with van der Waals surface area (Å²) in [7, 11) is -5.09. The molecule has 0 N–H and O–H groups in total. The zero-order chi connectivity index (χ0) is 43.8. The van der Waals surface area contributed by atoms with Crippen LogP contribution in [0.1, 0.15) is 0 Å². The number of ether oxygens (including phenoxy) is 6. The topological polar surface area (TPSA) is 139 Å². The normalized spacial score (nSPS) is 13.5. The highest BCUT2D eigenvalue weighted by molar-refractivity contribution is 7.49. The molecule has 0 atom stereocenters. The van der Waals surface area contributed by atoms with Crippen molar-refractivity contribution in [3.63, 3.8) is 0 Å². The van der Waals surface area contributed by atoms with Crippen LogP contribution in [-0.2, 0) is 4.57 Å². The van der Waals surface area contributed by atoms with Gasteiger partial charge in [0.05, 0.1) is 33.6 Å². The zero-order valence-electron chi connectivity index (χ0n) is 33.3. The average molecular weight is 894 g/mol. The third-order valence-corrected chi connectivity index (χ3v) is 12.1. The molecule has 0 bridgehead atoms. The number of hydrogen-bond acceptors (Lipinski definition) is 13. The fourth-order valence-corrected chi connectivity index (χ4v) is 8.99. The molecule has 0 saturated heterocycles. The van der Waals surface area contributed by atoms with Crippen molar-refractivity contribution in [3.8, 4) is 85.5 Å². The fourth-order valence-electron chi connectivity index (χ4n) is 7.70. The first-order chi connectivity index (χ1) is 31.7. The first-order valence-electron chi connectivity index (χ1n) is 19.9. The van der Waals surface area contributed by atoms with Crippen LogP contribution in [0.3, 0.4) is 0 Å². The second-order valence-electron chi connectivity index (χ2n) is 14.9. The van der Waals surface area contributed by atoms with Crippen LogP contribution in [0.15, 0.2) is 127 Å². The molecular weight excluding hydrogens is 867 g/mol. The van der Waals surface area contributed by atoms with Gasteiger partial charge in [0, 0.05) is 69.2 Å². The van der Waals surface area contributed by atoms with E-state index in [0.29, 0.717) is 101 Å². The number of nitrogens with zero attached hydrogens (tertiary/aromatic N) is 3. The minimum Gasteiger partial charge on any atom is -0.454 e. The van der Waals surface area contributed by atoms with Crippen LogP contribution in [0.4, 0.5) is 13.2 Å². The Morgan fingerprint density at radius 2 is 0.646 bits per heavy atom. The van der Waals surface area contributed by atoms with E-state index in [1.807, 2.05) is 0 Å². The molecule has 3 aliphatic rings. The molecule has 3 aromatic heterocycles. The van der Waals surface area contributed by atoms with Gasteiger partial charge in [0.1, 0.15) is 34.7 Å². The van der Waals surface area contributed by atoms with Gasteiger partial charge in [0.15, 0.2) is 34.5 Å². The summed E-state index contributed by atoms with van der Waals surface area (Å²) in [5, 5.41) is 0.993. The molecule has 9 aromatic rings. The number of halogens is 3. The van der Waals surface area contributed by atoms with E-state index in [9.17, 15) is 13.2 Å². The lowest BCUT2D eigenvalue weighted by Crippen LogP contribution is -2.09. The quantitative estimate of drug-likeness (QED) is 0.127. The Balaban J connectivity index is 1.08. The highest BCUT2D eigenvalue weighted by Crippen LogP contribution is 2.56. The third-order valence-electron chi connectivity index (χ3n) is 10.8. The minimum atomic E-state index is -5.09. The standard InChI is InChI=1S/C48H27F3N3O10P/c49-28-7-1-25(2-8-28)34-16-40(31-13-43-46(59-22-56-43)19-37(31)52-34)62-65(55,63-41-17-35(26-3-9-29(50)10-4-26)53-38-20-47-44(14-32(38)41)57-23-60-47)64-42-18-36(27-5-11-30(51)12-6-27)54-39-21-48-45(15-33(39)42)58-24-61-48/h1-21H,22-24H2. The Morgan fingerprint density at radius 1 is 0.385 bits per heavy atom. The summed E-state index contributed by atoms with van der Waals surface area (Å²) >= 11 is 0. The molecule has 0 saturated carbocycles. The van der Waals surface area contributed by atoms with Crippen LogP contribution in [-0.4, -0.2) is 35.3 Å². The number of hydrogen-bond donors (Lipinski definition) is 0. The molecule has 0 amide bonds. The number of phosphoric ester groups is 1. The van der Waals surface area contributed by atoms with Crippen molar-refractivity contribution in [1.82, 2.24) is 15.0 Å². The van der Waals surface area contributed by atoms with E-state index >= 15 is 4.57 Å². The molecular formula is C48H27F3N3O10P. The first-order valence-corrected chi connectivity index (χ1v) is 21.3. The van der Waals surface area contributed by atoms with Gasteiger partial charge in [-0.05, 0) is 91.0 Å². The van der Waals surface area contributed by atoms with Gasteiger partial charge in [-0.1, -0.05) is 0 Å².